The lowest BCUT2D eigenvalue weighted by atomic mass is 10.2. The quantitative estimate of drug-likeness (QED) is 0.880. The standard InChI is InChI=1S/C13H13ClN2O2S/c1-8(15)12-16-11(7-19-12)13(17)18-6-9-3-2-4-10(14)5-9/h2-5,7-8H,6,15H2,1H3. The maximum absolute atomic E-state index is 11.8. The molecule has 1 atom stereocenters. The third-order valence-corrected chi connectivity index (χ3v) is 3.66. The lowest BCUT2D eigenvalue weighted by molar-refractivity contribution is 0.0466. The molecule has 0 saturated carbocycles. The third kappa shape index (κ3) is 3.76. The molecule has 2 N–H and O–H groups in total. The van der Waals surface area contributed by atoms with Crippen molar-refractivity contribution in [3.63, 3.8) is 0 Å². The van der Waals surface area contributed by atoms with Gasteiger partial charge in [0.05, 0.1) is 6.04 Å². The molecule has 0 saturated heterocycles. The monoisotopic (exact) mass is 296 g/mol. The summed E-state index contributed by atoms with van der Waals surface area (Å²) in [6.07, 6.45) is 0. The molecule has 4 nitrogen and oxygen atoms in total. The van der Waals surface area contributed by atoms with Crippen molar-refractivity contribution in [3.8, 4) is 0 Å². The molecule has 0 radical (unpaired) electrons. The molecule has 1 aromatic carbocycles. The van der Waals surface area contributed by atoms with Crippen LogP contribution in [0.2, 0.25) is 5.02 Å². The summed E-state index contributed by atoms with van der Waals surface area (Å²) in [5, 5.41) is 2.98. The minimum Gasteiger partial charge on any atom is -0.456 e. The molecule has 1 unspecified atom stereocenters. The number of hydrogen-bond donors (Lipinski definition) is 1. The molecule has 0 amide bonds. The molecule has 0 fully saturated rings. The second kappa shape index (κ2) is 6.14. The van der Waals surface area contributed by atoms with Crippen molar-refractivity contribution in [2.75, 3.05) is 0 Å². The number of benzene rings is 1. The highest BCUT2D eigenvalue weighted by atomic mass is 35.5. The van der Waals surface area contributed by atoms with Gasteiger partial charge in [-0.3, -0.25) is 0 Å². The normalized spacial score (nSPS) is 12.2. The number of nitrogens with two attached hydrogens (primary N) is 1. The van der Waals surface area contributed by atoms with Crippen LogP contribution in [-0.2, 0) is 11.3 Å². The third-order valence-electron chi connectivity index (χ3n) is 2.38. The summed E-state index contributed by atoms with van der Waals surface area (Å²) >= 11 is 7.20. The summed E-state index contributed by atoms with van der Waals surface area (Å²) in [5.74, 6) is -0.455. The lowest BCUT2D eigenvalue weighted by Gasteiger charge is -2.03. The maximum atomic E-state index is 11.8. The van der Waals surface area contributed by atoms with Crippen LogP contribution in [0, 0.1) is 0 Å². The van der Waals surface area contributed by atoms with E-state index in [4.69, 9.17) is 22.1 Å². The summed E-state index contributed by atoms with van der Waals surface area (Å²) in [6.45, 7) is 1.99. The molecule has 100 valence electrons. The fourth-order valence-electron chi connectivity index (χ4n) is 1.44. The number of hydrogen-bond acceptors (Lipinski definition) is 5. The summed E-state index contributed by atoms with van der Waals surface area (Å²) in [7, 11) is 0. The van der Waals surface area contributed by atoms with Gasteiger partial charge in [-0.2, -0.15) is 0 Å². The Hall–Kier alpha value is -1.43. The topological polar surface area (TPSA) is 65.2 Å². The van der Waals surface area contributed by atoms with Crippen molar-refractivity contribution in [2.45, 2.75) is 19.6 Å². The number of thiazole rings is 1. The predicted molar refractivity (Wildman–Crippen MR) is 75.3 cm³/mol. The SMILES string of the molecule is CC(N)c1nc(C(=O)OCc2cccc(Cl)c2)cs1. The average Bonchev–Trinajstić information content (AvgIpc) is 2.86. The molecule has 0 aliphatic rings. The van der Waals surface area contributed by atoms with Gasteiger partial charge in [0.25, 0.3) is 0 Å². The van der Waals surface area contributed by atoms with Gasteiger partial charge in [-0.1, -0.05) is 23.7 Å². The number of aromatic nitrogens is 1. The fourth-order valence-corrected chi connectivity index (χ4v) is 2.40. The molecule has 2 aromatic rings. The fraction of sp³-hybridized carbons (Fsp3) is 0.231. The van der Waals surface area contributed by atoms with E-state index in [0.29, 0.717) is 10.7 Å². The van der Waals surface area contributed by atoms with Crippen molar-refractivity contribution < 1.29 is 9.53 Å². The molecule has 1 heterocycles. The van der Waals surface area contributed by atoms with Gasteiger partial charge in [0.1, 0.15) is 11.6 Å². The van der Waals surface area contributed by atoms with Gasteiger partial charge in [-0.05, 0) is 24.6 Å². The molecular weight excluding hydrogens is 284 g/mol. The summed E-state index contributed by atoms with van der Waals surface area (Å²) in [5.41, 5.74) is 6.82. The predicted octanol–water partition coefficient (Wildman–Crippen LogP) is 3.17. The van der Waals surface area contributed by atoms with Crippen LogP contribution in [0.4, 0.5) is 0 Å². The summed E-state index contributed by atoms with van der Waals surface area (Å²) in [4.78, 5) is 15.9. The van der Waals surface area contributed by atoms with Gasteiger partial charge in [-0.15, -0.1) is 11.3 Å². The number of rotatable bonds is 4. The van der Waals surface area contributed by atoms with Gasteiger partial charge in [-0.25, -0.2) is 9.78 Å². The Kier molecular flexibility index (Phi) is 4.52. The molecule has 0 aliphatic carbocycles. The number of halogens is 1. The van der Waals surface area contributed by atoms with E-state index in [2.05, 4.69) is 4.98 Å². The number of ether oxygens (including phenoxy) is 1. The number of carbonyl (C=O) groups excluding carboxylic acids is 1. The smallest absolute Gasteiger partial charge is 0.358 e. The largest absolute Gasteiger partial charge is 0.456 e. The number of carbonyl (C=O) groups is 1. The minimum atomic E-state index is -0.455. The van der Waals surface area contributed by atoms with Crippen LogP contribution in [-0.4, -0.2) is 11.0 Å². The molecule has 0 aliphatic heterocycles. The molecule has 19 heavy (non-hydrogen) atoms. The van der Waals surface area contributed by atoms with Crippen LogP contribution in [0.5, 0.6) is 0 Å². The van der Waals surface area contributed by atoms with Crippen LogP contribution < -0.4 is 5.73 Å². The Morgan fingerprint density at radius 2 is 2.37 bits per heavy atom. The van der Waals surface area contributed by atoms with Crippen molar-refractivity contribution in [1.29, 1.82) is 0 Å². The summed E-state index contributed by atoms with van der Waals surface area (Å²) < 4.78 is 5.17. The van der Waals surface area contributed by atoms with Crippen molar-refractivity contribution >= 4 is 28.9 Å². The van der Waals surface area contributed by atoms with Gasteiger partial charge in [0, 0.05) is 10.4 Å². The maximum Gasteiger partial charge on any atom is 0.358 e. The van der Waals surface area contributed by atoms with E-state index in [1.807, 2.05) is 19.1 Å². The van der Waals surface area contributed by atoms with Crippen LogP contribution in [0.15, 0.2) is 29.6 Å². The van der Waals surface area contributed by atoms with E-state index in [0.717, 1.165) is 10.6 Å². The first-order valence-corrected chi connectivity index (χ1v) is 6.94. The first kappa shape index (κ1) is 14.0. The first-order valence-electron chi connectivity index (χ1n) is 5.69. The van der Waals surface area contributed by atoms with E-state index in [-0.39, 0.29) is 12.6 Å². The molecular formula is C13H13ClN2O2S. The number of esters is 1. The Labute approximate surface area is 120 Å². The van der Waals surface area contributed by atoms with Gasteiger partial charge in [0.2, 0.25) is 0 Å². The molecule has 2 rings (SSSR count). The van der Waals surface area contributed by atoms with Crippen molar-refractivity contribution in [2.24, 2.45) is 5.73 Å². The van der Waals surface area contributed by atoms with E-state index in [1.54, 1.807) is 17.5 Å². The minimum absolute atomic E-state index is 0.171. The number of nitrogens with zero attached hydrogens (tertiary/aromatic N) is 1. The van der Waals surface area contributed by atoms with Crippen molar-refractivity contribution in [3.05, 3.63) is 50.9 Å². The van der Waals surface area contributed by atoms with Crippen LogP contribution in [0.1, 0.15) is 34.0 Å². The zero-order valence-electron chi connectivity index (χ0n) is 10.3. The van der Waals surface area contributed by atoms with Crippen LogP contribution in [0.25, 0.3) is 0 Å². The highest BCUT2D eigenvalue weighted by Crippen LogP contribution is 2.17. The molecule has 0 spiro atoms. The van der Waals surface area contributed by atoms with Gasteiger partial charge in [0.15, 0.2) is 5.69 Å². The zero-order chi connectivity index (χ0) is 13.8. The molecule has 6 heteroatoms. The average molecular weight is 297 g/mol. The van der Waals surface area contributed by atoms with Gasteiger partial charge < -0.3 is 10.5 Å². The van der Waals surface area contributed by atoms with Gasteiger partial charge >= 0.3 is 5.97 Å². The highest BCUT2D eigenvalue weighted by molar-refractivity contribution is 7.09. The molecule has 1 aromatic heterocycles. The Morgan fingerprint density at radius 1 is 1.58 bits per heavy atom. The Balaban J connectivity index is 1.97. The second-order valence-electron chi connectivity index (χ2n) is 4.07. The van der Waals surface area contributed by atoms with Crippen LogP contribution >= 0.6 is 22.9 Å². The lowest BCUT2D eigenvalue weighted by Crippen LogP contribution is -2.08. The zero-order valence-corrected chi connectivity index (χ0v) is 11.9. The van der Waals surface area contributed by atoms with E-state index >= 15 is 0 Å². The Morgan fingerprint density at radius 3 is 3.00 bits per heavy atom. The van der Waals surface area contributed by atoms with Crippen molar-refractivity contribution in [1.82, 2.24) is 4.98 Å². The van der Waals surface area contributed by atoms with E-state index in [9.17, 15) is 4.79 Å². The van der Waals surface area contributed by atoms with Crippen LogP contribution in [0.3, 0.4) is 0 Å². The first-order chi connectivity index (χ1) is 9.06. The highest BCUT2D eigenvalue weighted by Gasteiger charge is 2.14. The summed E-state index contributed by atoms with van der Waals surface area (Å²) in [6, 6.07) is 6.99. The second-order valence-corrected chi connectivity index (χ2v) is 5.39. The van der Waals surface area contributed by atoms with E-state index < -0.39 is 5.97 Å². The molecule has 0 bridgehead atoms. The Bertz CT molecular complexity index is 584. The van der Waals surface area contributed by atoms with E-state index in [1.165, 1.54) is 11.3 Å².